The van der Waals surface area contributed by atoms with E-state index in [-0.39, 0.29) is 5.91 Å². The van der Waals surface area contributed by atoms with Crippen molar-refractivity contribution in [2.24, 2.45) is 0 Å². The van der Waals surface area contributed by atoms with Crippen LogP contribution in [0.25, 0.3) is 22.3 Å². The van der Waals surface area contributed by atoms with E-state index >= 15 is 0 Å². The van der Waals surface area contributed by atoms with Crippen molar-refractivity contribution in [2.75, 3.05) is 36.4 Å². The van der Waals surface area contributed by atoms with Crippen molar-refractivity contribution >= 4 is 29.0 Å². The van der Waals surface area contributed by atoms with Gasteiger partial charge in [-0.25, -0.2) is 4.98 Å². The fourth-order valence-corrected chi connectivity index (χ4v) is 4.33. The minimum absolute atomic E-state index is 0.199. The molecule has 1 amide bonds. The molecule has 0 spiro atoms. The molecule has 0 bridgehead atoms. The van der Waals surface area contributed by atoms with Gasteiger partial charge in [-0.3, -0.25) is 4.79 Å². The maximum atomic E-state index is 12.9. The summed E-state index contributed by atoms with van der Waals surface area (Å²) in [7, 11) is 0. The molecule has 1 fully saturated rings. The fourth-order valence-electron chi connectivity index (χ4n) is 4.10. The molecule has 0 aliphatic carbocycles. The number of amides is 1. The molecule has 2 heterocycles. The maximum Gasteiger partial charge on any atom is 0.255 e. The van der Waals surface area contributed by atoms with E-state index in [0.717, 1.165) is 54.3 Å². The summed E-state index contributed by atoms with van der Waals surface area (Å²) in [6.45, 7) is 3.76. The second-order valence-corrected chi connectivity index (χ2v) is 8.64. The number of hydrogen-bond acceptors (Lipinski definition) is 4. The van der Waals surface area contributed by atoms with Gasteiger partial charge in [-0.15, -0.1) is 0 Å². The van der Waals surface area contributed by atoms with Crippen LogP contribution in [0.3, 0.4) is 0 Å². The van der Waals surface area contributed by atoms with Gasteiger partial charge in [-0.2, -0.15) is 0 Å². The Balaban J connectivity index is 1.31. The van der Waals surface area contributed by atoms with Gasteiger partial charge in [0.1, 0.15) is 5.82 Å². The molecule has 6 heteroatoms. The second kappa shape index (κ2) is 10.1. The molecule has 5 nitrogen and oxygen atoms in total. The fraction of sp³-hybridized carbons (Fsp3) is 0.143. The zero-order chi connectivity index (χ0) is 23.3. The van der Waals surface area contributed by atoms with Gasteiger partial charge in [0.25, 0.3) is 5.91 Å². The summed E-state index contributed by atoms with van der Waals surface area (Å²) in [5.41, 5.74) is 5.27. The Morgan fingerprint density at radius 2 is 1.56 bits per heavy atom. The van der Waals surface area contributed by atoms with Crippen molar-refractivity contribution in [3.63, 3.8) is 0 Å². The third-order valence-electron chi connectivity index (χ3n) is 5.98. The number of hydrogen-bond donors (Lipinski definition) is 2. The predicted molar refractivity (Wildman–Crippen MR) is 140 cm³/mol. The Bertz CT molecular complexity index is 1270. The monoisotopic (exact) mass is 468 g/mol. The first-order valence-electron chi connectivity index (χ1n) is 11.4. The quantitative estimate of drug-likeness (QED) is 0.392. The van der Waals surface area contributed by atoms with Gasteiger partial charge < -0.3 is 15.5 Å². The lowest BCUT2D eigenvalue weighted by atomic mass is 9.99. The van der Waals surface area contributed by atoms with E-state index in [1.807, 2.05) is 48.5 Å². The number of carbonyl (C=O) groups is 1. The average Bonchev–Trinajstić information content (AvgIpc) is 2.90. The van der Waals surface area contributed by atoms with E-state index in [9.17, 15) is 4.79 Å². The number of aromatic nitrogens is 1. The van der Waals surface area contributed by atoms with Gasteiger partial charge >= 0.3 is 0 Å². The van der Waals surface area contributed by atoms with E-state index in [1.54, 1.807) is 18.3 Å². The highest BCUT2D eigenvalue weighted by molar-refractivity contribution is 6.33. The topological polar surface area (TPSA) is 57.3 Å². The number of halogens is 1. The van der Waals surface area contributed by atoms with E-state index in [2.05, 4.69) is 44.8 Å². The third kappa shape index (κ3) is 4.96. The number of benzene rings is 3. The van der Waals surface area contributed by atoms with Crippen LogP contribution >= 0.6 is 11.6 Å². The summed E-state index contributed by atoms with van der Waals surface area (Å²) >= 11 is 6.49. The average molecular weight is 469 g/mol. The summed E-state index contributed by atoms with van der Waals surface area (Å²) in [6, 6.07) is 27.6. The van der Waals surface area contributed by atoms with Crippen LogP contribution in [0.4, 0.5) is 11.5 Å². The number of pyridine rings is 1. The minimum atomic E-state index is -0.199. The SMILES string of the molecule is O=C(Nc1ccc(N2CCNCC2)nc1)c1ccc(Cl)c(-c2ccc(-c3ccccc3)cc2)c1. The zero-order valence-corrected chi connectivity index (χ0v) is 19.4. The summed E-state index contributed by atoms with van der Waals surface area (Å²) in [6.07, 6.45) is 1.70. The Labute approximate surface area is 204 Å². The first-order chi connectivity index (χ1) is 16.7. The van der Waals surface area contributed by atoms with E-state index in [1.165, 1.54) is 0 Å². The van der Waals surface area contributed by atoms with Crippen molar-refractivity contribution in [1.82, 2.24) is 10.3 Å². The van der Waals surface area contributed by atoms with Crippen LogP contribution in [0.5, 0.6) is 0 Å². The third-order valence-corrected chi connectivity index (χ3v) is 6.31. The van der Waals surface area contributed by atoms with E-state index in [0.29, 0.717) is 16.3 Å². The Kier molecular flexibility index (Phi) is 6.56. The molecule has 0 saturated carbocycles. The summed E-state index contributed by atoms with van der Waals surface area (Å²) < 4.78 is 0. The lowest BCUT2D eigenvalue weighted by Gasteiger charge is -2.28. The van der Waals surface area contributed by atoms with E-state index < -0.39 is 0 Å². The highest BCUT2D eigenvalue weighted by Gasteiger charge is 2.14. The zero-order valence-electron chi connectivity index (χ0n) is 18.7. The molecule has 3 aromatic carbocycles. The molecular weight excluding hydrogens is 444 g/mol. The highest BCUT2D eigenvalue weighted by atomic mass is 35.5. The molecular formula is C28H25ClN4O. The van der Waals surface area contributed by atoms with E-state index in [4.69, 9.17) is 11.6 Å². The summed E-state index contributed by atoms with van der Waals surface area (Å²) in [5, 5.41) is 6.88. The van der Waals surface area contributed by atoms with Crippen molar-refractivity contribution < 1.29 is 4.79 Å². The number of nitrogens with zero attached hydrogens (tertiary/aromatic N) is 2. The Morgan fingerprint density at radius 3 is 2.26 bits per heavy atom. The summed E-state index contributed by atoms with van der Waals surface area (Å²) in [4.78, 5) is 19.7. The lowest BCUT2D eigenvalue weighted by Crippen LogP contribution is -2.43. The first-order valence-corrected chi connectivity index (χ1v) is 11.7. The van der Waals surface area contributed by atoms with Crippen LogP contribution in [0.15, 0.2) is 91.1 Å². The highest BCUT2D eigenvalue weighted by Crippen LogP contribution is 2.31. The van der Waals surface area contributed by atoms with Crippen molar-refractivity contribution in [2.45, 2.75) is 0 Å². The smallest absolute Gasteiger partial charge is 0.255 e. The molecule has 1 saturated heterocycles. The van der Waals surface area contributed by atoms with Gasteiger partial charge in [0.15, 0.2) is 0 Å². The molecule has 170 valence electrons. The van der Waals surface area contributed by atoms with Crippen molar-refractivity contribution in [3.05, 3.63) is 102 Å². The second-order valence-electron chi connectivity index (χ2n) is 8.23. The molecule has 0 radical (unpaired) electrons. The molecule has 2 N–H and O–H groups in total. The maximum absolute atomic E-state index is 12.9. The lowest BCUT2D eigenvalue weighted by molar-refractivity contribution is 0.102. The normalized spacial score (nSPS) is 13.5. The molecule has 34 heavy (non-hydrogen) atoms. The minimum Gasteiger partial charge on any atom is -0.354 e. The van der Waals surface area contributed by atoms with Crippen LogP contribution in [0, 0.1) is 0 Å². The number of nitrogens with one attached hydrogen (secondary N) is 2. The van der Waals surface area contributed by atoms with Gasteiger partial charge in [-0.05, 0) is 47.0 Å². The number of rotatable bonds is 5. The molecule has 0 atom stereocenters. The van der Waals surface area contributed by atoms with Gasteiger partial charge in [0.05, 0.1) is 11.9 Å². The van der Waals surface area contributed by atoms with Crippen LogP contribution in [0.1, 0.15) is 10.4 Å². The van der Waals surface area contributed by atoms with Crippen LogP contribution in [-0.2, 0) is 0 Å². The molecule has 5 rings (SSSR count). The molecule has 1 aromatic heterocycles. The summed E-state index contributed by atoms with van der Waals surface area (Å²) in [5.74, 6) is 0.725. The van der Waals surface area contributed by atoms with Crippen LogP contribution < -0.4 is 15.5 Å². The number of carbonyl (C=O) groups excluding carboxylic acids is 1. The molecule has 0 unspecified atom stereocenters. The number of piperazine rings is 1. The Morgan fingerprint density at radius 1 is 0.853 bits per heavy atom. The van der Waals surface area contributed by atoms with Crippen molar-refractivity contribution in [3.8, 4) is 22.3 Å². The van der Waals surface area contributed by atoms with Gasteiger partial charge in [0.2, 0.25) is 0 Å². The molecule has 1 aliphatic rings. The van der Waals surface area contributed by atoms with Gasteiger partial charge in [0, 0.05) is 42.3 Å². The standard InChI is InChI=1S/C28H25ClN4O/c29-26-12-10-23(18-25(26)22-8-6-21(7-9-22)20-4-2-1-3-5-20)28(34)32-24-11-13-27(31-19-24)33-16-14-30-15-17-33/h1-13,18-19,30H,14-17H2,(H,32,34). The number of anilines is 2. The van der Waals surface area contributed by atoms with Gasteiger partial charge in [-0.1, -0.05) is 66.2 Å². The van der Waals surface area contributed by atoms with Crippen LogP contribution in [0.2, 0.25) is 5.02 Å². The van der Waals surface area contributed by atoms with Crippen LogP contribution in [-0.4, -0.2) is 37.1 Å². The first kappa shape index (κ1) is 22.1. The Hall–Kier alpha value is -3.67. The molecule has 1 aliphatic heterocycles. The van der Waals surface area contributed by atoms with Crippen molar-refractivity contribution in [1.29, 1.82) is 0 Å². The largest absolute Gasteiger partial charge is 0.354 e. The predicted octanol–water partition coefficient (Wildman–Crippen LogP) is 5.73. The molecule has 4 aromatic rings.